The Morgan fingerprint density at radius 2 is 2.43 bits per heavy atom. The molecule has 14 heavy (non-hydrogen) atoms. The molecular formula is C10H9N3O. The average molecular weight is 187 g/mol. The number of aromatic nitrogens is 3. The monoisotopic (exact) mass is 187 g/mol. The third-order valence-electron chi connectivity index (χ3n) is 1.71. The maximum atomic E-state index is 8.54. The second-order valence-electron chi connectivity index (χ2n) is 2.74. The maximum absolute atomic E-state index is 8.54. The van der Waals surface area contributed by atoms with E-state index in [0.717, 1.165) is 11.2 Å². The van der Waals surface area contributed by atoms with Crippen molar-refractivity contribution in [2.45, 2.75) is 6.42 Å². The number of hydrogen-bond acceptors (Lipinski definition) is 3. The minimum Gasteiger partial charge on any atom is -0.395 e. The van der Waals surface area contributed by atoms with Crippen LogP contribution in [0.5, 0.6) is 0 Å². The van der Waals surface area contributed by atoms with Gasteiger partial charge in [0.1, 0.15) is 11.2 Å². The van der Waals surface area contributed by atoms with Gasteiger partial charge in [-0.2, -0.15) is 0 Å². The zero-order chi connectivity index (χ0) is 9.80. The first kappa shape index (κ1) is 8.73. The van der Waals surface area contributed by atoms with E-state index >= 15 is 0 Å². The summed E-state index contributed by atoms with van der Waals surface area (Å²) in [5, 5.41) is 8.54. The predicted octanol–water partition coefficient (Wildman–Crippen LogP) is 0.692. The average Bonchev–Trinajstić information content (AvgIpc) is 2.65. The Kier molecular flexibility index (Phi) is 2.43. The summed E-state index contributed by atoms with van der Waals surface area (Å²) in [6.45, 7) is 0.0762. The van der Waals surface area contributed by atoms with E-state index in [2.05, 4.69) is 26.8 Å². The predicted molar refractivity (Wildman–Crippen MR) is 52.5 cm³/mol. The molecule has 0 atom stereocenters. The summed E-state index contributed by atoms with van der Waals surface area (Å²) in [5.74, 6) is 5.63. The van der Waals surface area contributed by atoms with E-state index < -0.39 is 0 Å². The standard InChI is InChI=1S/C10H9N3O/c14-6-2-1-3-8-7-12-10-9(13-8)4-5-11-10/h4-5,7,14H,2,6H2,(H,11,12). The van der Waals surface area contributed by atoms with Gasteiger partial charge in [-0.05, 0) is 12.0 Å². The number of fused-ring (bicyclic) bond motifs is 1. The number of aromatic amines is 1. The first-order valence-corrected chi connectivity index (χ1v) is 4.30. The number of aliphatic hydroxyl groups is 1. The largest absolute Gasteiger partial charge is 0.395 e. The van der Waals surface area contributed by atoms with Gasteiger partial charge in [-0.3, -0.25) is 0 Å². The molecule has 0 spiro atoms. The second-order valence-corrected chi connectivity index (χ2v) is 2.74. The minimum absolute atomic E-state index is 0.0762. The quantitative estimate of drug-likeness (QED) is 0.646. The molecule has 0 saturated carbocycles. The van der Waals surface area contributed by atoms with Crippen LogP contribution >= 0.6 is 0 Å². The Balaban J connectivity index is 2.31. The van der Waals surface area contributed by atoms with Gasteiger partial charge >= 0.3 is 0 Å². The molecule has 2 rings (SSSR count). The number of H-pyrrole nitrogens is 1. The summed E-state index contributed by atoms with van der Waals surface area (Å²) in [6, 6.07) is 1.85. The van der Waals surface area contributed by atoms with Crippen LogP contribution in [0.3, 0.4) is 0 Å². The van der Waals surface area contributed by atoms with Crippen LogP contribution in [-0.4, -0.2) is 26.7 Å². The van der Waals surface area contributed by atoms with Crippen LogP contribution in [0.15, 0.2) is 18.5 Å². The van der Waals surface area contributed by atoms with Crippen LogP contribution in [-0.2, 0) is 0 Å². The first-order valence-electron chi connectivity index (χ1n) is 4.30. The van der Waals surface area contributed by atoms with Crippen molar-refractivity contribution >= 4 is 11.2 Å². The number of nitrogens with one attached hydrogen (secondary N) is 1. The molecule has 2 N–H and O–H groups in total. The lowest BCUT2D eigenvalue weighted by molar-refractivity contribution is 0.305. The van der Waals surface area contributed by atoms with E-state index in [9.17, 15) is 0 Å². The van der Waals surface area contributed by atoms with E-state index in [1.165, 1.54) is 0 Å². The maximum Gasteiger partial charge on any atom is 0.156 e. The lowest BCUT2D eigenvalue weighted by atomic mass is 10.4. The molecule has 4 nitrogen and oxygen atoms in total. The van der Waals surface area contributed by atoms with E-state index in [1.54, 1.807) is 12.4 Å². The second kappa shape index (κ2) is 3.90. The van der Waals surface area contributed by atoms with Crippen LogP contribution < -0.4 is 0 Å². The first-order chi connectivity index (χ1) is 6.90. The van der Waals surface area contributed by atoms with Crippen LogP contribution in [0.25, 0.3) is 11.2 Å². The molecule has 0 amide bonds. The fourth-order valence-corrected chi connectivity index (χ4v) is 1.10. The minimum atomic E-state index is 0.0762. The van der Waals surface area contributed by atoms with Crippen molar-refractivity contribution in [3.63, 3.8) is 0 Å². The van der Waals surface area contributed by atoms with Gasteiger partial charge in [-0.1, -0.05) is 5.92 Å². The number of rotatable bonds is 1. The lowest BCUT2D eigenvalue weighted by Crippen LogP contribution is -1.86. The summed E-state index contributed by atoms with van der Waals surface area (Å²) in [5.41, 5.74) is 2.20. The molecule has 0 aromatic carbocycles. The molecule has 0 saturated heterocycles. The highest BCUT2D eigenvalue weighted by Crippen LogP contribution is 2.05. The van der Waals surface area contributed by atoms with Gasteiger partial charge in [0.25, 0.3) is 0 Å². The summed E-state index contributed by atoms with van der Waals surface area (Å²) >= 11 is 0. The molecule has 70 valence electrons. The molecular weight excluding hydrogens is 178 g/mol. The highest BCUT2D eigenvalue weighted by molar-refractivity contribution is 5.70. The molecule has 4 heteroatoms. The number of aliphatic hydroxyl groups excluding tert-OH is 1. The molecule has 0 fully saturated rings. The summed E-state index contributed by atoms with van der Waals surface area (Å²) in [6.07, 6.45) is 3.87. The van der Waals surface area contributed by atoms with Gasteiger partial charge in [0.15, 0.2) is 5.65 Å². The molecule has 0 aliphatic heterocycles. The third-order valence-corrected chi connectivity index (χ3v) is 1.71. The fraction of sp³-hybridized carbons (Fsp3) is 0.200. The van der Waals surface area contributed by atoms with Crippen molar-refractivity contribution in [1.82, 2.24) is 15.0 Å². The molecule has 2 heterocycles. The summed E-state index contributed by atoms with van der Waals surface area (Å²) in [4.78, 5) is 11.3. The van der Waals surface area contributed by atoms with E-state index in [1.807, 2.05) is 6.07 Å². The highest BCUT2D eigenvalue weighted by Gasteiger charge is 1.96. The molecule has 2 aromatic heterocycles. The fourth-order valence-electron chi connectivity index (χ4n) is 1.10. The van der Waals surface area contributed by atoms with Gasteiger partial charge in [-0.15, -0.1) is 0 Å². The summed E-state index contributed by atoms with van der Waals surface area (Å²) < 4.78 is 0. The lowest BCUT2D eigenvalue weighted by Gasteiger charge is -1.89. The van der Waals surface area contributed by atoms with Gasteiger partial charge in [0, 0.05) is 12.6 Å². The number of nitrogens with zero attached hydrogens (tertiary/aromatic N) is 2. The Morgan fingerprint density at radius 3 is 3.29 bits per heavy atom. The van der Waals surface area contributed by atoms with Crippen molar-refractivity contribution in [2.75, 3.05) is 6.61 Å². The van der Waals surface area contributed by atoms with Crippen LogP contribution in [0.1, 0.15) is 12.1 Å². The Hall–Kier alpha value is -1.86. The third kappa shape index (κ3) is 1.73. The normalized spacial score (nSPS) is 9.79. The van der Waals surface area contributed by atoms with Crippen molar-refractivity contribution in [1.29, 1.82) is 0 Å². The topological polar surface area (TPSA) is 61.8 Å². The zero-order valence-electron chi connectivity index (χ0n) is 7.49. The molecule has 0 unspecified atom stereocenters. The van der Waals surface area contributed by atoms with Gasteiger partial charge in [-0.25, -0.2) is 9.97 Å². The van der Waals surface area contributed by atoms with Gasteiger partial charge in [0.2, 0.25) is 0 Å². The smallest absolute Gasteiger partial charge is 0.156 e. The van der Waals surface area contributed by atoms with Gasteiger partial charge < -0.3 is 10.1 Å². The van der Waals surface area contributed by atoms with Crippen molar-refractivity contribution in [3.8, 4) is 11.8 Å². The zero-order valence-corrected chi connectivity index (χ0v) is 7.49. The van der Waals surface area contributed by atoms with E-state index in [-0.39, 0.29) is 6.61 Å². The van der Waals surface area contributed by atoms with Crippen LogP contribution in [0.2, 0.25) is 0 Å². The highest BCUT2D eigenvalue weighted by atomic mass is 16.2. The van der Waals surface area contributed by atoms with Crippen molar-refractivity contribution in [2.24, 2.45) is 0 Å². The van der Waals surface area contributed by atoms with Crippen LogP contribution in [0.4, 0.5) is 0 Å². The molecule has 2 aromatic rings. The van der Waals surface area contributed by atoms with Gasteiger partial charge in [0.05, 0.1) is 12.8 Å². The molecule has 0 aliphatic carbocycles. The SMILES string of the molecule is OCCC#Cc1cnc2[nH]ccc2n1. The Labute approximate surface area is 81.0 Å². The molecule has 0 radical (unpaired) electrons. The van der Waals surface area contributed by atoms with Crippen LogP contribution in [0, 0.1) is 11.8 Å². The molecule has 0 bridgehead atoms. The van der Waals surface area contributed by atoms with E-state index in [0.29, 0.717) is 12.1 Å². The van der Waals surface area contributed by atoms with Crippen molar-refractivity contribution < 1.29 is 5.11 Å². The Morgan fingerprint density at radius 1 is 1.50 bits per heavy atom. The Bertz CT molecular complexity index is 493. The molecule has 0 aliphatic rings. The summed E-state index contributed by atoms with van der Waals surface area (Å²) in [7, 11) is 0. The van der Waals surface area contributed by atoms with Crippen molar-refractivity contribution in [3.05, 3.63) is 24.2 Å². The number of hydrogen-bond donors (Lipinski definition) is 2. The van der Waals surface area contributed by atoms with E-state index in [4.69, 9.17) is 5.11 Å².